The molecule has 1 N–H and O–H groups in total. The van der Waals surface area contributed by atoms with Crippen molar-refractivity contribution in [1.82, 2.24) is 9.78 Å². The highest BCUT2D eigenvalue weighted by Crippen LogP contribution is 2.26. The van der Waals surface area contributed by atoms with Crippen LogP contribution in [0.15, 0.2) is 60.8 Å². The zero-order valence-electron chi connectivity index (χ0n) is 21.4. The summed E-state index contributed by atoms with van der Waals surface area (Å²) < 4.78 is 20.1. The van der Waals surface area contributed by atoms with Gasteiger partial charge in [0.1, 0.15) is 24.2 Å². The van der Waals surface area contributed by atoms with Crippen molar-refractivity contribution >= 4 is 20.8 Å². The van der Waals surface area contributed by atoms with Crippen LogP contribution in [-0.2, 0) is 18.1 Å². The number of aromatic nitrogens is 2. The minimum atomic E-state index is -0.943. The number of hydrogen-bond donors (Lipinski definition) is 1. The summed E-state index contributed by atoms with van der Waals surface area (Å²) >= 11 is 0. The number of anilines is 1. The maximum Gasteiger partial charge on any atom is 0.257 e. The monoisotopic (exact) mass is 494 g/mol. The van der Waals surface area contributed by atoms with Crippen molar-refractivity contribution in [1.29, 1.82) is 0 Å². The van der Waals surface area contributed by atoms with Gasteiger partial charge in [0.05, 0.1) is 6.61 Å². The fraction of sp³-hybridized carbons (Fsp3) is 0.407. The van der Waals surface area contributed by atoms with Crippen LogP contribution >= 0.6 is 0 Å². The summed E-state index contributed by atoms with van der Waals surface area (Å²) in [6.07, 6.45) is 1.60. The predicted octanol–water partition coefficient (Wildman–Crippen LogP) is 5.85. The van der Waals surface area contributed by atoms with E-state index in [9.17, 15) is 4.79 Å². The Hall–Kier alpha value is -3.10. The maximum atomic E-state index is 13.0. The van der Waals surface area contributed by atoms with Crippen LogP contribution in [0.5, 0.6) is 11.5 Å². The molecule has 0 saturated carbocycles. The second-order valence-corrected chi connectivity index (χ2v) is 12.7. The molecule has 1 atom stereocenters. The summed E-state index contributed by atoms with van der Waals surface area (Å²) in [5.74, 6) is 1.31. The number of hydrogen-bond acceptors (Lipinski definition) is 5. The van der Waals surface area contributed by atoms with Crippen LogP contribution in [0.4, 0.5) is 5.82 Å². The van der Waals surface area contributed by atoms with E-state index in [1.165, 1.54) is 0 Å². The maximum absolute atomic E-state index is 13.0. The van der Waals surface area contributed by atoms with Gasteiger partial charge in [-0.3, -0.25) is 9.48 Å². The molecule has 0 aliphatic carbocycles. The van der Waals surface area contributed by atoms with E-state index in [-0.39, 0.29) is 12.0 Å². The lowest BCUT2D eigenvalue weighted by Crippen LogP contribution is -2.31. The van der Waals surface area contributed by atoms with E-state index in [0.717, 1.165) is 5.56 Å². The summed E-state index contributed by atoms with van der Waals surface area (Å²) in [5, 5.41) is 7.05. The summed E-state index contributed by atoms with van der Waals surface area (Å²) in [4.78, 5) is 13.0. The molecule has 1 heterocycles. The molecule has 2 aromatic carbocycles. The highest BCUT2D eigenvalue weighted by Gasteiger charge is 2.23. The fourth-order valence-corrected chi connectivity index (χ4v) is 6.17. The largest absolute Gasteiger partial charge is 0.489 e. The molecule has 0 spiro atoms. The van der Waals surface area contributed by atoms with Crippen molar-refractivity contribution < 1.29 is 18.7 Å². The smallest absolute Gasteiger partial charge is 0.257 e. The lowest BCUT2D eigenvalue weighted by molar-refractivity contribution is 0.102. The van der Waals surface area contributed by atoms with Crippen molar-refractivity contribution in [2.45, 2.75) is 58.4 Å². The third kappa shape index (κ3) is 8.26. The molecule has 0 saturated heterocycles. The molecule has 187 valence electrons. The fourth-order valence-electron chi connectivity index (χ4n) is 3.75. The molecule has 8 heteroatoms. The van der Waals surface area contributed by atoms with Gasteiger partial charge in [0.2, 0.25) is 9.04 Å². The van der Waals surface area contributed by atoms with Gasteiger partial charge in [-0.05, 0) is 35.7 Å². The van der Waals surface area contributed by atoms with Crippen molar-refractivity contribution in [3.8, 4) is 11.5 Å². The normalized spacial score (nSPS) is 12.3. The summed E-state index contributed by atoms with van der Waals surface area (Å²) in [7, 11) is 0.857. The Bertz CT molecular complexity index is 1080. The standard InChI is InChI=1S/C27H36N3O4Si/c1-19(2)35(20(3)4)33-17-21(5)34-25-15-23(27(31)28-26-12-13-30(6)29-26)14-24(16-25)32-18-22-10-8-7-9-11-22/h7-16,19-21H,17-18H2,1-6H3,(H,28,29,31)/t21-/m0/s1. The van der Waals surface area contributed by atoms with Crippen LogP contribution in [0.25, 0.3) is 0 Å². The Morgan fingerprint density at radius 2 is 1.69 bits per heavy atom. The first-order chi connectivity index (χ1) is 16.7. The van der Waals surface area contributed by atoms with Gasteiger partial charge in [-0.2, -0.15) is 5.10 Å². The zero-order valence-corrected chi connectivity index (χ0v) is 22.4. The van der Waals surface area contributed by atoms with Gasteiger partial charge in [0.25, 0.3) is 5.91 Å². The van der Waals surface area contributed by atoms with Crippen molar-refractivity contribution in [3.05, 3.63) is 71.9 Å². The predicted molar refractivity (Wildman–Crippen MR) is 140 cm³/mol. The van der Waals surface area contributed by atoms with Crippen molar-refractivity contribution in [2.24, 2.45) is 7.05 Å². The van der Waals surface area contributed by atoms with Gasteiger partial charge < -0.3 is 19.2 Å². The first-order valence-electron chi connectivity index (χ1n) is 12.0. The average Bonchev–Trinajstić information content (AvgIpc) is 3.22. The van der Waals surface area contributed by atoms with Crippen LogP contribution in [0.2, 0.25) is 11.1 Å². The molecule has 0 aliphatic rings. The van der Waals surface area contributed by atoms with Crippen LogP contribution in [0, 0.1) is 0 Å². The number of nitrogens with zero attached hydrogens (tertiary/aromatic N) is 2. The molecule has 1 amide bonds. The van der Waals surface area contributed by atoms with E-state index in [1.54, 1.807) is 36.1 Å². The van der Waals surface area contributed by atoms with E-state index in [0.29, 0.717) is 47.2 Å². The summed E-state index contributed by atoms with van der Waals surface area (Å²) in [6, 6.07) is 16.9. The zero-order chi connectivity index (χ0) is 25.4. The highest BCUT2D eigenvalue weighted by molar-refractivity contribution is 6.54. The van der Waals surface area contributed by atoms with E-state index in [4.69, 9.17) is 13.9 Å². The SMILES string of the molecule is CC(C)[Si](OC[C@H](C)Oc1cc(OCc2ccccc2)cc(C(=O)Nc2ccn(C)n2)c1)C(C)C. The molecule has 1 radical (unpaired) electrons. The van der Waals surface area contributed by atoms with Crippen molar-refractivity contribution in [2.75, 3.05) is 11.9 Å². The molecule has 35 heavy (non-hydrogen) atoms. The quantitative estimate of drug-likeness (QED) is 0.320. The summed E-state index contributed by atoms with van der Waals surface area (Å²) in [6.45, 7) is 11.7. The molecule has 1 aromatic heterocycles. The van der Waals surface area contributed by atoms with E-state index < -0.39 is 9.04 Å². The van der Waals surface area contributed by atoms with Crippen LogP contribution in [-0.4, -0.2) is 37.4 Å². The molecule has 0 unspecified atom stereocenters. The second-order valence-electron chi connectivity index (χ2n) is 9.25. The van der Waals surface area contributed by atoms with Gasteiger partial charge >= 0.3 is 0 Å². The number of aryl methyl sites for hydroxylation is 1. The molecule has 3 aromatic rings. The van der Waals surface area contributed by atoms with Crippen molar-refractivity contribution in [3.63, 3.8) is 0 Å². The molecule has 0 bridgehead atoms. The molecule has 0 fully saturated rings. The van der Waals surface area contributed by atoms with Crippen LogP contribution in [0.1, 0.15) is 50.5 Å². The first kappa shape index (κ1) is 26.5. The lowest BCUT2D eigenvalue weighted by Gasteiger charge is -2.25. The lowest BCUT2D eigenvalue weighted by atomic mass is 10.1. The molecule has 3 rings (SSSR count). The third-order valence-electron chi connectivity index (χ3n) is 5.31. The molecular weight excluding hydrogens is 458 g/mol. The van der Waals surface area contributed by atoms with Crippen LogP contribution in [0.3, 0.4) is 0 Å². The number of carbonyl (C=O) groups excluding carboxylic acids is 1. The number of benzene rings is 2. The molecular formula is C27H36N3O4Si. The minimum Gasteiger partial charge on any atom is -0.489 e. The number of amides is 1. The third-order valence-corrected chi connectivity index (χ3v) is 8.08. The van der Waals surface area contributed by atoms with Gasteiger partial charge in [0.15, 0.2) is 5.82 Å². The van der Waals surface area contributed by atoms with Gasteiger partial charge in [-0.15, -0.1) is 0 Å². The number of nitrogens with one attached hydrogen (secondary N) is 1. The molecule has 0 aliphatic heterocycles. The van der Waals surface area contributed by atoms with Gasteiger partial charge in [-0.25, -0.2) is 0 Å². The highest BCUT2D eigenvalue weighted by atomic mass is 28.3. The van der Waals surface area contributed by atoms with E-state index in [1.807, 2.05) is 43.3 Å². The Labute approximate surface area is 210 Å². The van der Waals surface area contributed by atoms with Gasteiger partial charge in [-0.1, -0.05) is 58.0 Å². The average molecular weight is 495 g/mol. The summed E-state index contributed by atoms with van der Waals surface area (Å²) in [5.41, 5.74) is 2.50. The first-order valence-corrected chi connectivity index (χ1v) is 13.6. The number of ether oxygens (including phenoxy) is 2. The Balaban J connectivity index is 1.75. The Morgan fingerprint density at radius 1 is 1.00 bits per heavy atom. The Kier molecular flexibility index (Phi) is 9.51. The molecule has 7 nitrogen and oxygen atoms in total. The Morgan fingerprint density at radius 3 is 2.31 bits per heavy atom. The minimum absolute atomic E-state index is 0.177. The number of carbonyl (C=O) groups is 1. The van der Waals surface area contributed by atoms with E-state index in [2.05, 4.69) is 38.1 Å². The van der Waals surface area contributed by atoms with Crippen LogP contribution < -0.4 is 14.8 Å². The van der Waals surface area contributed by atoms with E-state index >= 15 is 0 Å². The topological polar surface area (TPSA) is 74.6 Å². The number of rotatable bonds is 12. The van der Waals surface area contributed by atoms with Gasteiger partial charge in [0, 0.05) is 30.9 Å². The second kappa shape index (κ2) is 12.6.